The summed E-state index contributed by atoms with van der Waals surface area (Å²) in [5.41, 5.74) is 2.93. The smallest absolute Gasteiger partial charge is 0.408 e. The van der Waals surface area contributed by atoms with Gasteiger partial charge in [0.15, 0.2) is 5.58 Å². The molecule has 1 atom stereocenters. The highest BCUT2D eigenvalue weighted by Gasteiger charge is 2.48. The molecule has 2 N–H and O–H groups in total. The molecule has 1 unspecified atom stereocenters. The van der Waals surface area contributed by atoms with E-state index in [1.54, 1.807) is 17.7 Å². The van der Waals surface area contributed by atoms with Crippen molar-refractivity contribution in [3.63, 3.8) is 0 Å². The van der Waals surface area contributed by atoms with E-state index in [9.17, 15) is 4.79 Å². The Morgan fingerprint density at radius 1 is 1.32 bits per heavy atom. The van der Waals surface area contributed by atoms with Crippen LogP contribution in [0.4, 0.5) is 5.82 Å². The summed E-state index contributed by atoms with van der Waals surface area (Å²) >= 11 is 1.78. The van der Waals surface area contributed by atoms with Crippen molar-refractivity contribution in [1.29, 1.82) is 0 Å². The zero-order chi connectivity index (χ0) is 21.0. The summed E-state index contributed by atoms with van der Waals surface area (Å²) in [5.74, 6) is 0.701. The van der Waals surface area contributed by atoms with Crippen LogP contribution in [0.15, 0.2) is 39.8 Å². The first-order chi connectivity index (χ1) is 15.1. The molecule has 0 amide bonds. The number of H-pyrrole nitrogens is 1. The SMILES string of the molecule is CCc1cc2c(N3CC4(CCC(NCc5ccc6oc(=O)[nH]c6c5)C4)C3)ncnc2s1. The number of hydrogen-bond acceptors (Lipinski definition) is 7. The number of thiophene rings is 1. The summed E-state index contributed by atoms with van der Waals surface area (Å²) < 4.78 is 5.09. The van der Waals surface area contributed by atoms with Crippen LogP contribution in [0.5, 0.6) is 0 Å². The third-order valence-corrected chi connectivity index (χ3v) is 8.03. The van der Waals surface area contributed by atoms with Gasteiger partial charge >= 0.3 is 5.76 Å². The van der Waals surface area contributed by atoms with Crippen molar-refractivity contribution in [2.24, 2.45) is 5.41 Å². The van der Waals surface area contributed by atoms with E-state index in [1.165, 1.54) is 29.5 Å². The Labute approximate surface area is 183 Å². The number of hydrogen-bond donors (Lipinski definition) is 2. The standard InChI is InChI=1S/C23H25N5O2S/c1-2-16-8-17-20(25-13-26-21(17)31-16)28-11-23(12-28)6-5-15(9-23)24-10-14-3-4-19-18(7-14)27-22(29)30-19/h3-4,7-8,13,15,24H,2,5-6,9-12H2,1H3,(H,27,29). The molecular formula is C23H25N5O2S. The van der Waals surface area contributed by atoms with Gasteiger partial charge in [-0.3, -0.25) is 4.98 Å². The van der Waals surface area contributed by atoms with Crippen molar-refractivity contribution in [1.82, 2.24) is 20.3 Å². The Morgan fingerprint density at radius 3 is 3.10 bits per heavy atom. The van der Waals surface area contributed by atoms with Crippen molar-refractivity contribution in [2.45, 2.75) is 45.2 Å². The maximum Gasteiger partial charge on any atom is 0.417 e. The van der Waals surface area contributed by atoms with E-state index < -0.39 is 5.76 Å². The Bertz CT molecular complexity index is 1320. The molecule has 8 heteroatoms. The number of fused-ring (bicyclic) bond motifs is 2. The fourth-order valence-corrected chi connectivity index (χ4v) is 6.20. The van der Waals surface area contributed by atoms with Crippen LogP contribution in [-0.2, 0) is 13.0 Å². The number of aromatic nitrogens is 3. The zero-order valence-electron chi connectivity index (χ0n) is 17.5. The molecule has 1 spiro atoms. The largest absolute Gasteiger partial charge is 0.417 e. The molecule has 1 aliphatic heterocycles. The second-order valence-corrected chi connectivity index (χ2v) is 10.1. The monoisotopic (exact) mass is 435 g/mol. The Hall–Kier alpha value is -2.71. The molecule has 3 aromatic heterocycles. The van der Waals surface area contributed by atoms with Crippen molar-refractivity contribution in [3.8, 4) is 0 Å². The molecule has 1 saturated heterocycles. The van der Waals surface area contributed by atoms with Gasteiger partial charge in [0, 0.05) is 36.0 Å². The minimum absolute atomic E-state index is 0.401. The van der Waals surface area contributed by atoms with Gasteiger partial charge in [-0.15, -0.1) is 11.3 Å². The Morgan fingerprint density at radius 2 is 2.23 bits per heavy atom. The van der Waals surface area contributed by atoms with Crippen LogP contribution < -0.4 is 16.0 Å². The van der Waals surface area contributed by atoms with Crippen LogP contribution >= 0.6 is 11.3 Å². The van der Waals surface area contributed by atoms with E-state index in [-0.39, 0.29) is 0 Å². The predicted molar refractivity (Wildman–Crippen MR) is 123 cm³/mol. The summed E-state index contributed by atoms with van der Waals surface area (Å²) in [5, 5.41) is 4.93. The lowest BCUT2D eigenvalue weighted by atomic mass is 9.78. The number of rotatable bonds is 5. The maximum absolute atomic E-state index is 11.3. The highest BCUT2D eigenvalue weighted by Crippen LogP contribution is 2.48. The lowest BCUT2D eigenvalue weighted by molar-refractivity contribution is 0.214. The highest BCUT2D eigenvalue weighted by atomic mass is 32.1. The number of anilines is 1. The van der Waals surface area contributed by atoms with Gasteiger partial charge in [-0.2, -0.15) is 0 Å². The van der Waals surface area contributed by atoms with Crippen molar-refractivity contribution < 1.29 is 4.42 Å². The van der Waals surface area contributed by atoms with Gasteiger partial charge in [0.2, 0.25) is 0 Å². The molecule has 0 bridgehead atoms. The third-order valence-electron chi connectivity index (χ3n) is 6.84. The maximum atomic E-state index is 11.3. The average Bonchev–Trinajstić information content (AvgIpc) is 3.45. The first-order valence-electron chi connectivity index (χ1n) is 10.9. The van der Waals surface area contributed by atoms with Gasteiger partial charge in [0.05, 0.1) is 10.9 Å². The molecule has 4 aromatic rings. The Kier molecular flexibility index (Phi) is 4.40. The minimum atomic E-state index is -0.401. The van der Waals surface area contributed by atoms with Crippen molar-refractivity contribution in [3.05, 3.63) is 51.6 Å². The second-order valence-electron chi connectivity index (χ2n) is 9.00. The quantitative estimate of drug-likeness (QED) is 0.495. The lowest BCUT2D eigenvalue weighted by Gasteiger charge is -2.49. The van der Waals surface area contributed by atoms with Gasteiger partial charge in [-0.05, 0) is 49.4 Å². The highest BCUT2D eigenvalue weighted by molar-refractivity contribution is 7.18. The fraction of sp³-hybridized carbons (Fsp3) is 0.435. The summed E-state index contributed by atoms with van der Waals surface area (Å²) in [7, 11) is 0. The van der Waals surface area contributed by atoms with Crippen LogP contribution in [0.3, 0.4) is 0 Å². The van der Waals surface area contributed by atoms with E-state index >= 15 is 0 Å². The van der Waals surface area contributed by atoms with Crippen LogP contribution in [0.2, 0.25) is 0 Å². The number of nitrogens with zero attached hydrogens (tertiary/aromatic N) is 3. The second kappa shape index (κ2) is 7.17. The number of aromatic amines is 1. The number of oxazole rings is 1. The number of aryl methyl sites for hydroxylation is 1. The topological polar surface area (TPSA) is 87.0 Å². The molecule has 0 radical (unpaired) electrons. The van der Waals surface area contributed by atoms with Crippen LogP contribution in [0.25, 0.3) is 21.3 Å². The van der Waals surface area contributed by atoms with E-state index in [2.05, 4.69) is 38.2 Å². The van der Waals surface area contributed by atoms with Crippen LogP contribution in [-0.4, -0.2) is 34.1 Å². The molecule has 160 valence electrons. The molecule has 4 heterocycles. The molecule has 31 heavy (non-hydrogen) atoms. The molecule has 6 rings (SSSR count). The zero-order valence-corrected chi connectivity index (χ0v) is 18.3. The first kappa shape index (κ1) is 19.0. The van der Waals surface area contributed by atoms with Gasteiger partial charge in [-0.25, -0.2) is 14.8 Å². The molecule has 1 aliphatic carbocycles. The minimum Gasteiger partial charge on any atom is -0.408 e. The van der Waals surface area contributed by atoms with Crippen LogP contribution in [0.1, 0.15) is 36.6 Å². The van der Waals surface area contributed by atoms with Crippen LogP contribution in [0, 0.1) is 5.41 Å². The van der Waals surface area contributed by atoms with E-state index in [0.717, 1.165) is 47.8 Å². The van der Waals surface area contributed by atoms with Gasteiger partial charge in [0.25, 0.3) is 0 Å². The number of benzene rings is 1. The van der Waals surface area contributed by atoms with Gasteiger partial charge in [0.1, 0.15) is 17.0 Å². The van der Waals surface area contributed by atoms with Gasteiger partial charge in [-0.1, -0.05) is 13.0 Å². The van der Waals surface area contributed by atoms with Crippen molar-refractivity contribution >= 4 is 38.5 Å². The molecule has 2 aliphatic rings. The van der Waals surface area contributed by atoms with Gasteiger partial charge < -0.3 is 14.6 Å². The van der Waals surface area contributed by atoms with E-state index in [1.807, 2.05) is 18.2 Å². The third kappa shape index (κ3) is 3.34. The Balaban J connectivity index is 1.09. The molecule has 1 aromatic carbocycles. The summed E-state index contributed by atoms with van der Waals surface area (Å²) in [6.45, 7) is 5.15. The molecule has 7 nitrogen and oxygen atoms in total. The fourth-order valence-electron chi connectivity index (χ4n) is 5.27. The predicted octanol–water partition coefficient (Wildman–Crippen LogP) is 3.84. The normalized spacial score (nSPS) is 20.2. The molecule has 2 fully saturated rings. The summed E-state index contributed by atoms with van der Waals surface area (Å²) in [6.07, 6.45) is 6.42. The molecule has 1 saturated carbocycles. The lowest BCUT2D eigenvalue weighted by Crippen LogP contribution is -2.56. The average molecular weight is 436 g/mol. The number of nitrogens with one attached hydrogen (secondary N) is 2. The summed E-state index contributed by atoms with van der Waals surface area (Å²) in [4.78, 5) is 28.1. The molecular weight excluding hydrogens is 410 g/mol. The first-order valence-corrected chi connectivity index (χ1v) is 11.8. The van der Waals surface area contributed by atoms with E-state index in [4.69, 9.17) is 4.42 Å². The van der Waals surface area contributed by atoms with Crippen molar-refractivity contribution in [2.75, 3.05) is 18.0 Å². The summed E-state index contributed by atoms with van der Waals surface area (Å²) in [6, 6.07) is 8.67. The van der Waals surface area contributed by atoms with E-state index in [0.29, 0.717) is 17.0 Å².